The zero-order chi connectivity index (χ0) is 7.28. The molecule has 9 heavy (non-hydrogen) atoms. The van der Waals surface area contributed by atoms with Gasteiger partial charge in [-0.25, -0.2) is 0 Å². The van der Waals surface area contributed by atoms with Gasteiger partial charge in [-0.05, 0) is 0 Å². The molecule has 0 saturated carbocycles. The van der Waals surface area contributed by atoms with Crippen LogP contribution in [0, 0.1) is 0 Å². The standard InChI is InChI=1S/2C4H9.Sn/c2*1-3-4-2;/h2*3H,4H2,1-2H3;/q;;+2. The molecule has 0 radical (unpaired) electrons. The average molecular weight is 233 g/mol. The Morgan fingerprint density at radius 2 is 1.33 bits per heavy atom. The second-order valence-corrected chi connectivity index (χ2v) is 9.36. The summed E-state index contributed by atoms with van der Waals surface area (Å²) in [6.07, 6.45) is 2.83. The third kappa shape index (κ3) is 5.25. The molecule has 0 rings (SSSR count). The van der Waals surface area contributed by atoms with Crippen LogP contribution in [0.5, 0.6) is 0 Å². The van der Waals surface area contributed by atoms with Crippen LogP contribution in [0.25, 0.3) is 0 Å². The Morgan fingerprint density at radius 1 is 1.00 bits per heavy atom. The molecule has 2 atom stereocenters. The molecule has 0 aromatic heterocycles. The van der Waals surface area contributed by atoms with Crippen molar-refractivity contribution in [1.82, 2.24) is 0 Å². The van der Waals surface area contributed by atoms with Gasteiger partial charge in [-0.1, -0.05) is 0 Å². The molecular formula is C8H18Sn+2. The van der Waals surface area contributed by atoms with Crippen molar-refractivity contribution < 1.29 is 0 Å². The zero-order valence-corrected chi connectivity index (χ0v) is 9.92. The van der Waals surface area contributed by atoms with Crippen LogP contribution >= 0.6 is 0 Å². The Morgan fingerprint density at radius 3 is 1.56 bits per heavy atom. The van der Waals surface area contributed by atoms with E-state index < -0.39 is 0 Å². The molecule has 0 aliphatic heterocycles. The van der Waals surface area contributed by atoms with Crippen molar-refractivity contribution in [2.45, 2.75) is 48.4 Å². The Balaban J connectivity index is 3.22. The molecule has 0 heterocycles. The summed E-state index contributed by atoms with van der Waals surface area (Å²) in [6, 6.07) is 0. The molecule has 0 aromatic rings. The summed E-state index contributed by atoms with van der Waals surface area (Å²) < 4.78 is 2.20. The molecule has 0 nitrogen and oxygen atoms in total. The third-order valence-electron chi connectivity index (χ3n) is 1.79. The van der Waals surface area contributed by atoms with Gasteiger partial charge in [0.05, 0.1) is 0 Å². The van der Waals surface area contributed by atoms with E-state index in [9.17, 15) is 0 Å². The number of hydrogen-bond donors (Lipinski definition) is 0. The molecule has 52 valence electrons. The monoisotopic (exact) mass is 234 g/mol. The van der Waals surface area contributed by atoms with Gasteiger partial charge in [0.15, 0.2) is 0 Å². The van der Waals surface area contributed by atoms with E-state index in [-0.39, 0.29) is 21.1 Å². The fourth-order valence-electron chi connectivity index (χ4n) is 0.721. The topological polar surface area (TPSA) is 0 Å². The maximum atomic E-state index is 2.42. The van der Waals surface area contributed by atoms with E-state index in [0.717, 1.165) is 7.87 Å². The Bertz CT molecular complexity index is 53.6. The van der Waals surface area contributed by atoms with E-state index in [1.165, 1.54) is 12.8 Å². The second-order valence-electron chi connectivity index (χ2n) is 2.79. The van der Waals surface area contributed by atoms with Gasteiger partial charge in [-0.15, -0.1) is 0 Å². The van der Waals surface area contributed by atoms with Crippen molar-refractivity contribution in [2.75, 3.05) is 0 Å². The van der Waals surface area contributed by atoms with E-state index in [4.69, 9.17) is 0 Å². The molecule has 0 aliphatic carbocycles. The van der Waals surface area contributed by atoms with E-state index in [1.807, 2.05) is 0 Å². The molecule has 0 bridgehead atoms. The van der Waals surface area contributed by atoms with Crippen molar-refractivity contribution in [2.24, 2.45) is 0 Å². The van der Waals surface area contributed by atoms with Crippen LogP contribution in [0.1, 0.15) is 40.5 Å². The predicted molar refractivity (Wildman–Crippen MR) is 45.2 cm³/mol. The molecule has 0 aromatic carbocycles. The van der Waals surface area contributed by atoms with Crippen molar-refractivity contribution in [3.8, 4) is 0 Å². The first-order chi connectivity index (χ1) is 4.20. The molecule has 0 amide bonds. The predicted octanol–water partition coefficient (Wildman–Crippen LogP) is 3.13. The molecule has 0 N–H and O–H groups in total. The second kappa shape index (κ2) is 5.57. The van der Waals surface area contributed by atoms with Crippen molar-refractivity contribution in [3.05, 3.63) is 0 Å². The SMILES string of the molecule is CC[CH](C)[Sn+2][CH](C)CC. The summed E-state index contributed by atoms with van der Waals surface area (Å²) in [5.41, 5.74) is 0. The Labute approximate surface area is 69.6 Å². The molecule has 1 heteroatoms. The number of rotatable bonds is 4. The van der Waals surface area contributed by atoms with Gasteiger partial charge in [0, 0.05) is 0 Å². The molecule has 0 fully saturated rings. The molecule has 0 saturated heterocycles. The van der Waals surface area contributed by atoms with Crippen molar-refractivity contribution in [3.63, 3.8) is 0 Å². The molecular weight excluding hydrogens is 215 g/mol. The van der Waals surface area contributed by atoms with Gasteiger partial charge in [0.25, 0.3) is 0 Å². The van der Waals surface area contributed by atoms with E-state index >= 15 is 0 Å². The molecule has 0 aliphatic rings. The Kier molecular flexibility index (Phi) is 6.07. The minimum atomic E-state index is 0.00250. The van der Waals surface area contributed by atoms with E-state index in [1.54, 1.807) is 0 Å². The summed E-state index contributed by atoms with van der Waals surface area (Å²) in [4.78, 5) is 0. The quantitative estimate of drug-likeness (QED) is 0.654. The summed E-state index contributed by atoms with van der Waals surface area (Å²) in [7, 11) is 0. The molecule has 0 spiro atoms. The zero-order valence-electron chi connectivity index (χ0n) is 7.07. The Hall–Kier alpha value is 0.799. The van der Waals surface area contributed by atoms with Gasteiger partial charge >= 0.3 is 69.5 Å². The first kappa shape index (κ1) is 9.80. The van der Waals surface area contributed by atoms with Gasteiger partial charge < -0.3 is 0 Å². The molecule has 2 unspecified atom stereocenters. The van der Waals surface area contributed by atoms with Crippen LogP contribution in [0.2, 0.25) is 7.87 Å². The van der Waals surface area contributed by atoms with E-state index in [2.05, 4.69) is 27.7 Å². The van der Waals surface area contributed by atoms with Crippen molar-refractivity contribution in [1.29, 1.82) is 0 Å². The van der Waals surface area contributed by atoms with Gasteiger partial charge in [-0.2, -0.15) is 0 Å². The summed E-state index contributed by atoms with van der Waals surface area (Å²) in [5, 5.41) is 0. The van der Waals surface area contributed by atoms with Gasteiger partial charge in [0.2, 0.25) is 0 Å². The summed E-state index contributed by atoms with van der Waals surface area (Å²) >= 11 is 0.00250. The summed E-state index contributed by atoms with van der Waals surface area (Å²) in [6.45, 7) is 9.46. The minimum absolute atomic E-state index is 0.00250. The van der Waals surface area contributed by atoms with Gasteiger partial charge in [0.1, 0.15) is 0 Å². The first-order valence-corrected chi connectivity index (χ1v) is 7.26. The first-order valence-electron chi connectivity index (χ1n) is 3.96. The maximum absolute atomic E-state index is 2.42. The van der Waals surface area contributed by atoms with Gasteiger partial charge in [-0.3, -0.25) is 0 Å². The van der Waals surface area contributed by atoms with Crippen molar-refractivity contribution >= 4 is 21.1 Å². The van der Waals surface area contributed by atoms with Crippen LogP contribution < -0.4 is 0 Å². The van der Waals surface area contributed by atoms with Crippen LogP contribution in [-0.2, 0) is 0 Å². The third-order valence-corrected chi connectivity index (χ3v) is 7.37. The fraction of sp³-hybridized carbons (Fsp3) is 1.00. The average Bonchev–Trinajstić information content (AvgIpc) is 1.87. The number of hydrogen-bond acceptors (Lipinski definition) is 0. The summed E-state index contributed by atoms with van der Waals surface area (Å²) in [5.74, 6) is 0. The normalized spacial score (nSPS) is 16.4. The van der Waals surface area contributed by atoms with E-state index in [0.29, 0.717) is 0 Å². The van der Waals surface area contributed by atoms with Crippen LogP contribution in [0.4, 0.5) is 0 Å². The van der Waals surface area contributed by atoms with Crippen LogP contribution in [-0.4, -0.2) is 21.1 Å². The fourth-order valence-corrected chi connectivity index (χ4v) is 4.84. The van der Waals surface area contributed by atoms with Crippen LogP contribution in [0.3, 0.4) is 0 Å². The van der Waals surface area contributed by atoms with Crippen LogP contribution in [0.15, 0.2) is 0 Å².